The molecule has 1 unspecified atom stereocenters. The maximum Gasteiger partial charge on any atom is 0.251 e. The second-order valence-electron chi connectivity index (χ2n) is 5.28. The van der Waals surface area contributed by atoms with Crippen LogP contribution in [0.25, 0.3) is 0 Å². The van der Waals surface area contributed by atoms with Crippen LogP contribution in [-0.4, -0.2) is 12.7 Å². The van der Waals surface area contributed by atoms with Crippen molar-refractivity contribution in [3.8, 4) is 11.5 Å². The summed E-state index contributed by atoms with van der Waals surface area (Å²) in [7, 11) is 0. The van der Waals surface area contributed by atoms with Gasteiger partial charge in [0.25, 0.3) is 5.91 Å². The summed E-state index contributed by atoms with van der Waals surface area (Å²) in [6, 6.07) is 9.32. The normalized spacial score (nSPS) is 14.2. The maximum atomic E-state index is 12.5. The number of carbonyl (C=O) groups excluding carboxylic acids is 1. The molecule has 1 aromatic heterocycles. The van der Waals surface area contributed by atoms with Crippen molar-refractivity contribution in [2.45, 2.75) is 19.9 Å². The van der Waals surface area contributed by atoms with Crippen LogP contribution in [0.5, 0.6) is 11.5 Å². The molecule has 2 heterocycles. The summed E-state index contributed by atoms with van der Waals surface area (Å²) in [5.41, 5.74) is 0.585. The Bertz CT molecular complexity index is 637. The number of ether oxygens (including phenoxy) is 2. The first-order chi connectivity index (χ1) is 10.1. The molecule has 1 aliphatic heterocycles. The van der Waals surface area contributed by atoms with E-state index in [1.165, 1.54) is 4.88 Å². The fourth-order valence-corrected chi connectivity index (χ4v) is 3.25. The van der Waals surface area contributed by atoms with Crippen molar-refractivity contribution in [1.82, 2.24) is 5.32 Å². The summed E-state index contributed by atoms with van der Waals surface area (Å²) >= 11 is 1.66. The van der Waals surface area contributed by atoms with Crippen LogP contribution in [0, 0.1) is 5.92 Å². The van der Waals surface area contributed by atoms with Gasteiger partial charge in [0.05, 0.1) is 6.04 Å². The second-order valence-corrected chi connectivity index (χ2v) is 6.26. The number of amides is 1. The zero-order valence-corrected chi connectivity index (χ0v) is 12.8. The van der Waals surface area contributed by atoms with Gasteiger partial charge in [0.2, 0.25) is 6.79 Å². The van der Waals surface area contributed by atoms with Crippen molar-refractivity contribution in [2.75, 3.05) is 6.79 Å². The molecule has 3 rings (SSSR count). The van der Waals surface area contributed by atoms with Gasteiger partial charge in [-0.05, 0) is 35.6 Å². The number of fused-ring (bicyclic) bond motifs is 1. The molecule has 5 heteroatoms. The summed E-state index contributed by atoms with van der Waals surface area (Å²) < 4.78 is 10.6. The Kier molecular flexibility index (Phi) is 3.84. The first-order valence-electron chi connectivity index (χ1n) is 6.89. The third kappa shape index (κ3) is 2.88. The molecule has 0 saturated carbocycles. The molecule has 1 atom stereocenters. The molecule has 0 bridgehead atoms. The summed E-state index contributed by atoms with van der Waals surface area (Å²) in [5.74, 6) is 1.53. The lowest BCUT2D eigenvalue weighted by molar-refractivity contribution is 0.0926. The van der Waals surface area contributed by atoms with Crippen molar-refractivity contribution >= 4 is 17.2 Å². The standard InChI is InChI=1S/C16H17NO3S/c1-10(2)15(14-4-3-7-21-14)17-16(18)11-5-6-12-13(8-11)20-9-19-12/h3-8,10,15H,9H2,1-2H3,(H,17,18). The Hall–Kier alpha value is -2.01. The van der Waals surface area contributed by atoms with Crippen LogP contribution in [0.2, 0.25) is 0 Å². The molecule has 0 fully saturated rings. The highest BCUT2D eigenvalue weighted by atomic mass is 32.1. The molecular weight excluding hydrogens is 286 g/mol. The van der Waals surface area contributed by atoms with Crippen LogP contribution < -0.4 is 14.8 Å². The summed E-state index contributed by atoms with van der Waals surface area (Å²) in [6.07, 6.45) is 0. The van der Waals surface area contributed by atoms with Gasteiger partial charge in [-0.25, -0.2) is 0 Å². The highest BCUT2D eigenvalue weighted by Crippen LogP contribution is 2.33. The predicted molar refractivity (Wildman–Crippen MR) is 81.9 cm³/mol. The SMILES string of the molecule is CC(C)C(NC(=O)c1ccc2c(c1)OCO2)c1cccs1. The van der Waals surface area contributed by atoms with Crippen molar-refractivity contribution in [3.63, 3.8) is 0 Å². The smallest absolute Gasteiger partial charge is 0.251 e. The van der Waals surface area contributed by atoms with Gasteiger partial charge in [-0.15, -0.1) is 11.3 Å². The van der Waals surface area contributed by atoms with Crippen LogP contribution in [0.1, 0.15) is 35.1 Å². The van der Waals surface area contributed by atoms with Gasteiger partial charge in [-0.1, -0.05) is 19.9 Å². The third-order valence-corrected chi connectivity index (χ3v) is 4.39. The molecule has 0 aliphatic carbocycles. The predicted octanol–water partition coefficient (Wildman–Crippen LogP) is 3.60. The Balaban J connectivity index is 1.78. The lowest BCUT2D eigenvalue weighted by Crippen LogP contribution is -2.31. The molecule has 0 spiro atoms. The quantitative estimate of drug-likeness (QED) is 0.938. The fourth-order valence-electron chi connectivity index (χ4n) is 2.30. The highest BCUT2D eigenvalue weighted by molar-refractivity contribution is 7.10. The van der Waals surface area contributed by atoms with Gasteiger partial charge in [0, 0.05) is 10.4 Å². The average molecular weight is 303 g/mol. The van der Waals surface area contributed by atoms with Gasteiger partial charge >= 0.3 is 0 Å². The number of hydrogen-bond donors (Lipinski definition) is 1. The summed E-state index contributed by atoms with van der Waals surface area (Å²) in [4.78, 5) is 13.6. The molecule has 0 saturated heterocycles. The van der Waals surface area contributed by atoms with Crippen molar-refractivity contribution < 1.29 is 14.3 Å². The number of nitrogens with one attached hydrogen (secondary N) is 1. The number of carbonyl (C=O) groups is 1. The monoisotopic (exact) mass is 303 g/mol. The second kappa shape index (κ2) is 5.77. The molecule has 0 radical (unpaired) electrons. The Labute approximate surface area is 127 Å². The Morgan fingerprint density at radius 2 is 2.05 bits per heavy atom. The average Bonchev–Trinajstić information content (AvgIpc) is 3.14. The first-order valence-corrected chi connectivity index (χ1v) is 7.77. The Morgan fingerprint density at radius 3 is 2.76 bits per heavy atom. The van der Waals surface area contributed by atoms with Crippen molar-refractivity contribution in [2.24, 2.45) is 5.92 Å². The molecule has 1 aromatic carbocycles. The van der Waals surface area contributed by atoms with Crippen molar-refractivity contribution in [1.29, 1.82) is 0 Å². The Morgan fingerprint density at radius 1 is 1.24 bits per heavy atom. The van der Waals surface area contributed by atoms with E-state index in [1.807, 2.05) is 11.4 Å². The number of hydrogen-bond acceptors (Lipinski definition) is 4. The van der Waals surface area contributed by atoms with E-state index in [4.69, 9.17) is 9.47 Å². The van der Waals surface area contributed by atoms with E-state index in [0.717, 1.165) is 0 Å². The zero-order valence-electron chi connectivity index (χ0n) is 12.0. The minimum absolute atomic E-state index is 0.0166. The minimum Gasteiger partial charge on any atom is -0.454 e. The van der Waals surface area contributed by atoms with Crippen LogP contribution >= 0.6 is 11.3 Å². The van der Waals surface area contributed by atoms with Crippen LogP contribution in [0.15, 0.2) is 35.7 Å². The summed E-state index contributed by atoms with van der Waals surface area (Å²) in [6.45, 7) is 4.42. The maximum absolute atomic E-state index is 12.5. The van der Waals surface area contributed by atoms with Crippen LogP contribution in [0.4, 0.5) is 0 Å². The molecule has 1 N–H and O–H groups in total. The topological polar surface area (TPSA) is 47.6 Å². The third-order valence-electron chi connectivity index (χ3n) is 3.44. The number of benzene rings is 1. The van der Waals surface area contributed by atoms with Gasteiger partial charge in [-0.3, -0.25) is 4.79 Å². The lowest BCUT2D eigenvalue weighted by Gasteiger charge is -2.21. The molecule has 1 aliphatic rings. The number of rotatable bonds is 4. The van der Waals surface area contributed by atoms with E-state index in [9.17, 15) is 4.79 Å². The molecule has 4 nitrogen and oxygen atoms in total. The van der Waals surface area contributed by atoms with E-state index in [0.29, 0.717) is 23.0 Å². The molecule has 2 aromatic rings. The first kappa shape index (κ1) is 13.9. The van der Waals surface area contributed by atoms with Crippen LogP contribution in [-0.2, 0) is 0 Å². The number of thiophene rings is 1. The van der Waals surface area contributed by atoms with Gasteiger partial charge in [0.15, 0.2) is 11.5 Å². The van der Waals surface area contributed by atoms with E-state index in [2.05, 4.69) is 25.2 Å². The molecule has 21 heavy (non-hydrogen) atoms. The van der Waals surface area contributed by atoms with E-state index in [-0.39, 0.29) is 18.7 Å². The minimum atomic E-state index is -0.0969. The van der Waals surface area contributed by atoms with Gasteiger partial charge in [0.1, 0.15) is 0 Å². The molecular formula is C16H17NO3S. The highest BCUT2D eigenvalue weighted by Gasteiger charge is 2.21. The molecule has 1 amide bonds. The van der Waals surface area contributed by atoms with E-state index < -0.39 is 0 Å². The van der Waals surface area contributed by atoms with Crippen LogP contribution in [0.3, 0.4) is 0 Å². The van der Waals surface area contributed by atoms with E-state index >= 15 is 0 Å². The summed E-state index contributed by atoms with van der Waals surface area (Å²) in [5, 5.41) is 5.13. The van der Waals surface area contributed by atoms with Gasteiger partial charge < -0.3 is 14.8 Å². The lowest BCUT2D eigenvalue weighted by atomic mass is 10.0. The molecule has 110 valence electrons. The van der Waals surface area contributed by atoms with E-state index in [1.54, 1.807) is 29.5 Å². The van der Waals surface area contributed by atoms with Crippen molar-refractivity contribution in [3.05, 3.63) is 46.2 Å². The fraction of sp³-hybridized carbons (Fsp3) is 0.312. The zero-order chi connectivity index (χ0) is 14.8. The largest absolute Gasteiger partial charge is 0.454 e. The van der Waals surface area contributed by atoms with Gasteiger partial charge in [-0.2, -0.15) is 0 Å².